The topological polar surface area (TPSA) is 118 Å². The van der Waals surface area contributed by atoms with Crippen molar-refractivity contribution in [2.24, 2.45) is 0 Å². The summed E-state index contributed by atoms with van der Waals surface area (Å²) in [6.45, 7) is 1.71. The number of carbonyl (C=O) groups is 1. The average Bonchev–Trinajstić information content (AvgIpc) is 2.43. The van der Waals surface area contributed by atoms with Crippen molar-refractivity contribution in [2.45, 2.75) is 6.92 Å². The van der Waals surface area contributed by atoms with Crippen LogP contribution in [-0.4, -0.2) is 15.9 Å². The van der Waals surface area contributed by atoms with E-state index in [1.807, 2.05) is 0 Å². The second-order valence-corrected chi connectivity index (χ2v) is 4.43. The molecule has 0 atom stereocenters. The van der Waals surface area contributed by atoms with Crippen molar-refractivity contribution >= 4 is 23.0 Å². The number of nitro benzene ring substituents is 1. The van der Waals surface area contributed by atoms with Gasteiger partial charge in [0, 0.05) is 17.3 Å². The fourth-order valence-corrected chi connectivity index (χ4v) is 1.83. The molecule has 0 aliphatic rings. The number of nitro groups is 1. The Morgan fingerprint density at radius 1 is 1.33 bits per heavy atom. The van der Waals surface area contributed by atoms with Gasteiger partial charge in [0.1, 0.15) is 5.75 Å². The Bertz CT molecular complexity index is 728. The summed E-state index contributed by atoms with van der Waals surface area (Å²) in [6, 6.07) is 8.36. The van der Waals surface area contributed by atoms with Crippen LogP contribution >= 0.6 is 0 Å². The first kappa shape index (κ1) is 14.3. The molecule has 0 aliphatic carbocycles. The molecule has 4 N–H and O–H groups in total. The van der Waals surface area contributed by atoms with Gasteiger partial charge in [-0.05, 0) is 30.7 Å². The van der Waals surface area contributed by atoms with Crippen molar-refractivity contribution in [3.63, 3.8) is 0 Å². The molecule has 0 aliphatic heterocycles. The van der Waals surface area contributed by atoms with Gasteiger partial charge in [0.2, 0.25) is 0 Å². The van der Waals surface area contributed by atoms with Gasteiger partial charge >= 0.3 is 0 Å². The lowest BCUT2D eigenvalue weighted by Gasteiger charge is -2.10. The number of phenolic OH excluding ortho intramolecular Hbond substituents is 1. The molecule has 0 saturated carbocycles. The predicted molar refractivity (Wildman–Crippen MR) is 78.3 cm³/mol. The number of nitrogens with zero attached hydrogens (tertiary/aromatic N) is 1. The van der Waals surface area contributed by atoms with E-state index in [1.54, 1.807) is 25.1 Å². The normalized spacial score (nSPS) is 10.1. The molecule has 2 aromatic rings. The van der Waals surface area contributed by atoms with Crippen molar-refractivity contribution < 1.29 is 14.8 Å². The molecule has 2 aromatic carbocycles. The zero-order valence-electron chi connectivity index (χ0n) is 11.2. The van der Waals surface area contributed by atoms with Crippen molar-refractivity contribution in [1.29, 1.82) is 0 Å². The van der Waals surface area contributed by atoms with Gasteiger partial charge in [0.05, 0.1) is 16.7 Å². The van der Waals surface area contributed by atoms with Crippen molar-refractivity contribution in [3.8, 4) is 5.75 Å². The largest absolute Gasteiger partial charge is 0.506 e. The summed E-state index contributed by atoms with van der Waals surface area (Å²) in [7, 11) is 0. The van der Waals surface area contributed by atoms with Gasteiger partial charge < -0.3 is 16.2 Å². The van der Waals surface area contributed by atoms with Gasteiger partial charge in [-0.15, -0.1) is 0 Å². The predicted octanol–water partition coefficient (Wildman–Crippen LogP) is 2.44. The molecule has 0 spiro atoms. The maximum Gasteiger partial charge on any atom is 0.273 e. The van der Waals surface area contributed by atoms with Crippen LogP contribution in [0, 0.1) is 17.0 Å². The number of phenols is 1. The van der Waals surface area contributed by atoms with E-state index < -0.39 is 10.8 Å². The minimum Gasteiger partial charge on any atom is -0.506 e. The Morgan fingerprint density at radius 2 is 2.05 bits per heavy atom. The number of benzene rings is 2. The molecular formula is C14H13N3O4. The van der Waals surface area contributed by atoms with E-state index in [4.69, 9.17) is 5.73 Å². The van der Waals surface area contributed by atoms with E-state index in [0.717, 1.165) is 6.07 Å². The highest BCUT2D eigenvalue weighted by molar-refractivity contribution is 6.06. The summed E-state index contributed by atoms with van der Waals surface area (Å²) >= 11 is 0. The number of amides is 1. The highest BCUT2D eigenvalue weighted by atomic mass is 16.6. The third-order valence-corrected chi connectivity index (χ3v) is 3.06. The number of nitrogen functional groups attached to an aromatic ring is 1. The maximum absolute atomic E-state index is 12.1. The second-order valence-electron chi connectivity index (χ2n) is 4.43. The Hall–Kier alpha value is -3.09. The van der Waals surface area contributed by atoms with Crippen molar-refractivity contribution in [2.75, 3.05) is 11.1 Å². The van der Waals surface area contributed by atoms with E-state index in [9.17, 15) is 20.0 Å². The molecule has 0 heterocycles. The molecule has 21 heavy (non-hydrogen) atoms. The number of nitrogens with two attached hydrogens (primary N) is 1. The van der Waals surface area contributed by atoms with E-state index >= 15 is 0 Å². The summed E-state index contributed by atoms with van der Waals surface area (Å²) in [4.78, 5) is 22.1. The molecule has 7 nitrogen and oxygen atoms in total. The van der Waals surface area contributed by atoms with Gasteiger partial charge in [0.25, 0.3) is 11.6 Å². The minimum atomic E-state index is -0.632. The highest BCUT2D eigenvalue weighted by Crippen LogP contribution is 2.28. The molecule has 0 saturated heterocycles. The number of rotatable bonds is 3. The smallest absolute Gasteiger partial charge is 0.273 e. The number of anilines is 2. The van der Waals surface area contributed by atoms with Gasteiger partial charge in [-0.1, -0.05) is 6.07 Å². The van der Waals surface area contributed by atoms with Crippen LogP contribution < -0.4 is 11.1 Å². The van der Waals surface area contributed by atoms with Gasteiger partial charge in [-0.2, -0.15) is 0 Å². The zero-order valence-corrected chi connectivity index (χ0v) is 11.2. The van der Waals surface area contributed by atoms with E-state index in [2.05, 4.69) is 5.32 Å². The van der Waals surface area contributed by atoms with Gasteiger partial charge in [0.15, 0.2) is 0 Å². The first-order valence-electron chi connectivity index (χ1n) is 6.04. The summed E-state index contributed by atoms with van der Waals surface area (Å²) in [5, 5.41) is 22.8. The molecule has 0 fully saturated rings. The number of carbonyl (C=O) groups excluding carboxylic acids is 1. The molecule has 1 amide bonds. The summed E-state index contributed by atoms with van der Waals surface area (Å²) in [5.74, 6) is -0.831. The van der Waals surface area contributed by atoms with Crippen LogP contribution in [0.15, 0.2) is 36.4 Å². The second kappa shape index (κ2) is 5.49. The third kappa shape index (κ3) is 2.92. The molecular weight excluding hydrogens is 274 g/mol. The standard InChI is InChI=1S/C14H13N3O4/c1-8-10(3-2-4-11(8)15)14(19)16-12-6-5-9(17(20)21)7-13(12)18/h2-7,18H,15H2,1H3,(H,16,19). The quantitative estimate of drug-likeness (QED) is 0.347. The summed E-state index contributed by atoms with van der Waals surface area (Å²) in [6.07, 6.45) is 0. The van der Waals surface area contributed by atoms with Crippen molar-refractivity contribution in [1.82, 2.24) is 0 Å². The fraction of sp³-hybridized carbons (Fsp3) is 0.0714. The van der Waals surface area contributed by atoms with Crippen LogP contribution in [0.4, 0.5) is 17.1 Å². The lowest BCUT2D eigenvalue weighted by atomic mass is 10.1. The van der Waals surface area contributed by atoms with Crippen LogP contribution in [0.1, 0.15) is 15.9 Å². The van der Waals surface area contributed by atoms with Crippen LogP contribution in [0.3, 0.4) is 0 Å². The number of hydrogen-bond donors (Lipinski definition) is 3. The molecule has 2 rings (SSSR count). The molecule has 7 heteroatoms. The third-order valence-electron chi connectivity index (χ3n) is 3.06. The van der Waals surface area contributed by atoms with E-state index in [-0.39, 0.29) is 17.1 Å². The van der Waals surface area contributed by atoms with E-state index in [0.29, 0.717) is 16.8 Å². The van der Waals surface area contributed by atoms with Crippen LogP contribution in [0.2, 0.25) is 0 Å². The summed E-state index contributed by atoms with van der Waals surface area (Å²) in [5.41, 5.74) is 7.03. The number of hydrogen-bond acceptors (Lipinski definition) is 5. The van der Waals surface area contributed by atoms with Crippen molar-refractivity contribution in [3.05, 3.63) is 57.6 Å². The van der Waals surface area contributed by atoms with Crippen LogP contribution in [0.25, 0.3) is 0 Å². The Labute approximate surface area is 120 Å². The molecule has 0 radical (unpaired) electrons. The number of nitrogens with one attached hydrogen (secondary N) is 1. The number of aromatic hydroxyl groups is 1. The molecule has 0 aromatic heterocycles. The maximum atomic E-state index is 12.1. The summed E-state index contributed by atoms with van der Waals surface area (Å²) < 4.78 is 0. The molecule has 108 valence electrons. The lowest BCUT2D eigenvalue weighted by molar-refractivity contribution is -0.384. The van der Waals surface area contributed by atoms with Crippen LogP contribution in [-0.2, 0) is 0 Å². The molecule has 0 bridgehead atoms. The monoisotopic (exact) mass is 287 g/mol. The first-order valence-corrected chi connectivity index (χ1v) is 6.04. The minimum absolute atomic E-state index is 0.0902. The van der Waals surface area contributed by atoms with E-state index in [1.165, 1.54) is 12.1 Å². The molecule has 0 unspecified atom stereocenters. The Balaban J connectivity index is 2.28. The fourth-order valence-electron chi connectivity index (χ4n) is 1.83. The van der Waals surface area contributed by atoms with Gasteiger partial charge in [-0.3, -0.25) is 14.9 Å². The average molecular weight is 287 g/mol. The number of non-ortho nitro benzene ring substituents is 1. The first-order chi connectivity index (χ1) is 9.90. The van der Waals surface area contributed by atoms with Gasteiger partial charge in [-0.25, -0.2) is 0 Å². The Morgan fingerprint density at radius 3 is 2.67 bits per heavy atom. The highest BCUT2D eigenvalue weighted by Gasteiger charge is 2.15. The zero-order chi connectivity index (χ0) is 15.6. The SMILES string of the molecule is Cc1c(N)cccc1C(=O)Nc1ccc([N+](=O)[O-])cc1O. The van der Waals surface area contributed by atoms with Crippen LogP contribution in [0.5, 0.6) is 5.75 Å². The lowest BCUT2D eigenvalue weighted by Crippen LogP contribution is -2.14. The Kier molecular flexibility index (Phi) is 3.75.